The number of carbonyl (C=O) groups excluding carboxylic acids is 1. The van der Waals surface area contributed by atoms with E-state index in [-0.39, 0.29) is 11.5 Å². The van der Waals surface area contributed by atoms with Crippen LogP contribution in [0.4, 0.5) is 0 Å². The van der Waals surface area contributed by atoms with Gasteiger partial charge in [-0.2, -0.15) is 0 Å². The molecule has 1 rings (SSSR count). The van der Waals surface area contributed by atoms with Gasteiger partial charge >= 0.3 is 0 Å². The SMILES string of the molecule is CC(N)OC(C)(C)C(=O)c1ccc(O)cc1. The van der Waals surface area contributed by atoms with Crippen molar-refractivity contribution in [2.24, 2.45) is 5.73 Å². The molecule has 0 amide bonds. The number of benzene rings is 1. The number of aromatic hydroxyl groups is 1. The zero-order valence-electron chi connectivity index (χ0n) is 9.73. The Bertz CT molecular complexity index is 368. The van der Waals surface area contributed by atoms with E-state index in [0.29, 0.717) is 5.56 Å². The molecule has 1 atom stereocenters. The zero-order valence-corrected chi connectivity index (χ0v) is 9.73. The van der Waals surface area contributed by atoms with E-state index in [1.54, 1.807) is 32.9 Å². The second kappa shape index (κ2) is 4.63. The smallest absolute Gasteiger partial charge is 0.194 e. The molecule has 0 radical (unpaired) electrons. The van der Waals surface area contributed by atoms with Gasteiger partial charge in [0, 0.05) is 5.56 Å². The average molecular weight is 223 g/mol. The molecule has 0 saturated heterocycles. The van der Waals surface area contributed by atoms with E-state index in [0.717, 1.165) is 0 Å². The van der Waals surface area contributed by atoms with E-state index >= 15 is 0 Å². The average Bonchev–Trinajstić information content (AvgIpc) is 2.16. The Hall–Kier alpha value is -1.39. The van der Waals surface area contributed by atoms with Gasteiger partial charge in [-0.05, 0) is 45.0 Å². The Morgan fingerprint density at radius 2 is 1.88 bits per heavy atom. The summed E-state index contributed by atoms with van der Waals surface area (Å²) in [7, 11) is 0. The lowest BCUT2D eigenvalue weighted by atomic mass is 9.96. The summed E-state index contributed by atoms with van der Waals surface area (Å²) in [4.78, 5) is 12.1. The molecular formula is C12H17NO3. The number of rotatable bonds is 4. The topological polar surface area (TPSA) is 72.5 Å². The van der Waals surface area contributed by atoms with Gasteiger partial charge in [-0.15, -0.1) is 0 Å². The summed E-state index contributed by atoms with van der Waals surface area (Å²) in [5.74, 6) is -0.0349. The second-order valence-corrected chi connectivity index (χ2v) is 4.21. The fraction of sp³-hybridized carbons (Fsp3) is 0.417. The van der Waals surface area contributed by atoms with E-state index in [2.05, 4.69) is 0 Å². The van der Waals surface area contributed by atoms with Crippen LogP contribution < -0.4 is 5.73 Å². The van der Waals surface area contributed by atoms with Crippen molar-refractivity contribution < 1.29 is 14.6 Å². The first-order valence-electron chi connectivity index (χ1n) is 5.10. The van der Waals surface area contributed by atoms with Crippen LogP contribution in [0, 0.1) is 0 Å². The largest absolute Gasteiger partial charge is 0.508 e. The van der Waals surface area contributed by atoms with Crippen LogP contribution in [0.1, 0.15) is 31.1 Å². The van der Waals surface area contributed by atoms with Crippen molar-refractivity contribution in [3.05, 3.63) is 29.8 Å². The first kappa shape index (κ1) is 12.7. The molecule has 0 aromatic heterocycles. The molecule has 4 nitrogen and oxygen atoms in total. The lowest BCUT2D eigenvalue weighted by Gasteiger charge is -2.26. The molecule has 88 valence electrons. The summed E-state index contributed by atoms with van der Waals surface area (Å²) in [6, 6.07) is 6.05. The van der Waals surface area contributed by atoms with Crippen LogP contribution in [0.25, 0.3) is 0 Å². The van der Waals surface area contributed by atoms with Gasteiger partial charge in [0.05, 0.1) is 0 Å². The minimum Gasteiger partial charge on any atom is -0.508 e. The summed E-state index contributed by atoms with van der Waals surface area (Å²) in [6.45, 7) is 5.02. The Kier molecular flexibility index (Phi) is 3.67. The highest BCUT2D eigenvalue weighted by Crippen LogP contribution is 2.19. The van der Waals surface area contributed by atoms with E-state index in [4.69, 9.17) is 15.6 Å². The molecule has 1 unspecified atom stereocenters. The van der Waals surface area contributed by atoms with E-state index in [1.807, 2.05) is 0 Å². The monoisotopic (exact) mass is 223 g/mol. The summed E-state index contributed by atoms with van der Waals surface area (Å²) in [5, 5.41) is 9.12. The maximum absolute atomic E-state index is 12.1. The van der Waals surface area contributed by atoms with Gasteiger partial charge in [0.15, 0.2) is 5.78 Å². The van der Waals surface area contributed by atoms with Crippen molar-refractivity contribution >= 4 is 5.78 Å². The van der Waals surface area contributed by atoms with Gasteiger partial charge in [0.25, 0.3) is 0 Å². The molecule has 16 heavy (non-hydrogen) atoms. The molecule has 0 aliphatic heterocycles. The third-order valence-electron chi connectivity index (χ3n) is 2.16. The van der Waals surface area contributed by atoms with Gasteiger partial charge in [-0.25, -0.2) is 0 Å². The predicted octanol–water partition coefficient (Wildman–Crippen LogP) is 1.67. The van der Waals surface area contributed by atoms with Crippen LogP contribution >= 0.6 is 0 Å². The normalized spacial score (nSPS) is 13.5. The van der Waals surface area contributed by atoms with Gasteiger partial charge in [0.1, 0.15) is 17.6 Å². The summed E-state index contributed by atoms with van der Waals surface area (Å²) in [5.41, 5.74) is 5.03. The van der Waals surface area contributed by atoms with Gasteiger partial charge in [-0.3, -0.25) is 4.79 Å². The molecule has 4 heteroatoms. The summed E-state index contributed by atoms with van der Waals surface area (Å²) in [6.07, 6.45) is -0.504. The summed E-state index contributed by atoms with van der Waals surface area (Å²) < 4.78 is 5.35. The molecule has 1 aromatic rings. The van der Waals surface area contributed by atoms with Crippen LogP contribution in [0.15, 0.2) is 24.3 Å². The molecule has 0 aliphatic rings. The molecule has 1 aromatic carbocycles. The number of nitrogens with two attached hydrogens (primary N) is 1. The Labute approximate surface area is 95.0 Å². The van der Waals surface area contributed by atoms with Crippen molar-refractivity contribution in [1.29, 1.82) is 0 Å². The fourth-order valence-electron chi connectivity index (χ4n) is 1.48. The number of carbonyl (C=O) groups is 1. The zero-order chi connectivity index (χ0) is 12.3. The van der Waals surface area contributed by atoms with E-state index < -0.39 is 11.8 Å². The number of ether oxygens (including phenoxy) is 1. The third kappa shape index (κ3) is 3.05. The van der Waals surface area contributed by atoms with Crippen LogP contribution in [0.2, 0.25) is 0 Å². The molecule has 3 N–H and O–H groups in total. The Morgan fingerprint density at radius 3 is 2.31 bits per heavy atom. The highest BCUT2D eigenvalue weighted by molar-refractivity contribution is 6.02. The van der Waals surface area contributed by atoms with Crippen molar-refractivity contribution in [3.8, 4) is 5.75 Å². The lowest BCUT2D eigenvalue weighted by Crippen LogP contribution is -2.40. The van der Waals surface area contributed by atoms with Gasteiger partial charge in [-0.1, -0.05) is 0 Å². The fourth-order valence-corrected chi connectivity index (χ4v) is 1.48. The Balaban J connectivity index is 2.88. The Morgan fingerprint density at radius 1 is 1.38 bits per heavy atom. The quantitative estimate of drug-likeness (QED) is 0.601. The molecule has 0 fully saturated rings. The highest BCUT2D eigenvalue weighted by atomic mass is 16.5. The van der Waals surface area contributed by atoms with Crippen molar-refractivity contribution in [1.82, 2.24) is 0 Å². The molecule has 0 aliphatic carbocycles. The minimum atomic E-state index is -0.967. The molecule has 0 saturated carbocycles. The van der Waals surface area contributed by atoms with Crippen molar-refractivity contribution in [3.63, 3.8) is 0 Å². The number of ketones is 1. The highest BCUT2D eigenvalue weighted by Gasteiger charge is 2.30. The van der Waals surface area contributed by atoms with Crippen LogP contribution in [0.5, 0.6) is 5.75 Å². The minimum absolute atomic E-state index is 0.127. The number of hydrogen-bond donors (Lipinski definition) is 2. The van der Waals surface area contributed by atoms with Gasteiger partial charge in [0.2, 0.25) is 0 Å². The number of phenolic OH excluding ortho intramolecular Hbond substituents is 1. The standard InChI is InChI=1S/C12H17NO3/c1-8(13)16-12(2,3)11(15)9-4-6-10(14)7-5-9/h4-8,14H,13H2,1-3H3. The van der Waals surface area contributed by atoms with Gasteiger partial charge < -0.3 is 15.6 Å². The van der Waals surface area contributed by atoms with Crippen LogP contribution in [0.3, 0.4) is 0 Å². The maximum Gasteiger partial charge on any atom is 0.194 e. The molecule has 0 spiro atoms. The van der Waals surface area contributed by atoms with E-state index in [9.17, 15) is 4.79 Å². The first-order valence-corrected chi connectivity index (χ1v) is 5.10. The molecule has 0 heterocycles. The van der Waals surface area contributed by atoms with Crippen LogP contribution in [-0.2, 0) is 4.74 Å². The van der Waals surface area contributed by atoms with Crippen molar-refractivity contribution in [2.45, 2.75) is 32.6 Å². The lowest BCUT2D eigenvalue weighted by molar-refractivity contribution is -0.0407. The maximum atomic E-state index is 12.1. The number of hydrogen-bond acceptors (Lipinski definition) is 4. The first-order chi connectivity index (χ1) is 7.33. The summed E-state index contributed by atoms with van der Waals surface area (Å²) >= 11 is 0. The second-order valence-electron chi connectivity index (χ2n) is 4.21. The van der Waals surface area contributed by atoms with Crippen LogP contribution in [-0.4, -0.2) is 22.7 Å². The third-order valence-corrected chi connectivity index (χ3v) is 2.16. The number of phenols is 1. The van der Waals surface area contributed by atoms with Crippen molar-refractivity contribution in [2.75, 3.05) is 0 Å². The van der Waals surface area contributed by atoms with E-state index in [1.165, 1.54) is 12.1 Å². The number of Topliss-reactive ketones (excluding diaryl/α,β-unsaturated/α-hetero) is 1. The predicted molar refractivity (Wildman–Crippen MR) is 61.3 cm³/mol. The molecule has 0 bridgehead atoms. The molecular weight excluding hydrogens is 206 g/mol.